The first-order valence-corrected chi connectivity index (χ1v) is 6.78. The van der Waals surface area contributed by atoms with Crippen molar-refractivity contribution >= 4 is 5.69 Å². The highest BCUT2D eigenvalue weighted by molar-refractivity contribution is 5.39. The summed E-state index contributed by atoms with van der Waals surface area (Å²) in [6.07, 6.45) is 0. The van der Waals surface area contributed by atoms with Gasteiger partial charge >= 0.3 is 5.69 Å². The molecule has 6 nitrogen and oxygen atoms in total. The summed E-state index contributed by atoms with van der Waals surface area (Å²) >= 11 is 0. The summed E-state index contributed by atoms with van der Waals surface area (Å²) in [4.78, 5) is 10.6. The molecule has 0 bridgehead atoms. The molecule has 0 aliphatic carbocycles. The largest absolute Gasteiger partial charge is 0.492 e. The molecule has 1 aromatic carbocycles. The van der Waals surface area contributed by atoms with E-state index in [2.05, 4.69) is 11.2 Å². The fraction of sp³-hybridized carbons (Fsp3) is 0.400. The van der Waals surface area contributed by atoms with Crippen molar-refractivity contribution in [2.45, 2.75) is 34.2 Å². The zero-order valence-electron chi connectivity index (χ0n) is 12.7. The lowest BCUT2D eigenvalue weighted by Gasteiger charge is -2.09. The maximum atomic E-state index is 10.9. The Kier molecular flexibility index (Phi) is 4.26. The predicted molar refractivity (Wildman–Crippen MR) is 79.8 cm³/mol. The van der Waals surface area contributed by atoms with E-state index in [9.17, 15) is 10.1 Å². The summed E-state index contributed by atoms with van der Waals surface area (Å²) in [5.74, 6) is 0.809. The quantitative estimate of drug-likeness (QED) is 0.626. The van der Waals surface area contributed by atoms with Crippen molar-refractivity contribution in [1.29, 1.82) is 0 Å². The van der Waals surface area contributed by atoms with Gasteiger partial charge < -0.3 is 4.74 Å². The van der Waals surface area contributed by atoms with E-state index < -0.39 is 0 Å². The van der Waals surface area contributed by atoms with Crippen molar-refractivity contribution in [2.75, 3.05) is 6.61 Å². The van der Waals surface area contributed by atoms with Gasteiger partial charge in [-0.2, -0.15) is 5.10 Å². The Hall–Kier alpha value is -2.37. The molecule has 0 aliphatic rings. The summed E-state index contributed by atoms with van der Waals surface area (Å²) in [6, 6.07) is 6.02. The minimum Gasteiger partial charge on any atom is -0.492 e. The molecule has 0 fully saturated rings. The standard InChI is InChI=1S/C15H19N3O3/c1-10-7-11(2)9-14(8-10)21-6-5-17-13(4)15(18(19)20)12(3)16-17/h7-9H,5-6H2,1-4H3. The van der Waals surface area contributed by atoms with Gasteiger partial charge in [0.2, 0.25) is 0 Å². The minimum atomic E-state index is -0.390. The van der Waals surface area contributed by atoms with Crippen LogP contribution in [0, 0.1) is 37.8 Å². The van der Waals surface area contributed by atoms with Crippen molar-refractivity contribution < 1.29 is 9.66 Å². The van der Waals surface area contributed by atoms with E-state index in [1.165, 1.54) is 0 Å². The average molecular weight is 289 g/mol. The zero-order chi connectivity index (χ0) is 15.6. The highest BCUT2D eigenvalue weighted by Crippen LogP contribution is 2.22. The Morgan fingerprint density at radius 1 is 1.19 bits per heavy atom. The molecule has 2 rings (SSSR count). The van der Waals surface area contributed by atoms with Crippen LogP contribution >= 0.6 is 0 Å². The van der Waals surface area contributed by atoms with Gasteiger partial charge in [0.05, 0.1) is 11.5 Å². The summed E-state index contributed by atoms with van der Waals surface area (Å²) < 4.78 is 7.33. The number of hydrogen-bond acceptors (Lipinski definition) is 4. The number of benzene rings is 1. The number of hydrogen-bond donors (Lipinski definition) is 0. The Morgan fingerprint density at radius 2 is 1.81 bits per heavy atom. The molecule has 6 heteroatoms. The van der Waals surface area contributed by atoms with E-state index in [1.54, 1.807) is 18.5 Å². The van der Waals surface area contributed by atoms with Crippen LogP contribution in [0.3, 0.4) is 0 Å². The van der Waals surface area contributed by atoms with E-state index in [0.717, 1.165) is 16.9 Å². The predicted octanol–water partition coefficient (Wildman–Crippen LogP) is 3.10. The topological polar surface area (TPSA) is 70.2 Å². The Morgan fingerprint density at radius 3 is 2.33 bits per heavy atom. The summed E-state index contributed by atoms with van der Waals surface area (Å²) in [6.45, 7) is 8.28. The highest BCUT2D eigenvalue weighted by Gasteiger charge is 2.21. The second kappa shape index (κ2) is 5.95. The minimum absolute atomic E-state index is 0.0846. The monoisotopic (exact) mass is 289 g/mol. The van der Waals surface area contributed by atoms with E-state index in [4.69, 9.17) is 4.74 Å². The van der Waals surface area contributed by atoms with E-state index in [0.29, 0.717) is 24.5 Å². The third kappa shape index (κ3) is 3.39. The smallest absolute Gasteiger partial charge is 0.312 e. The lowest BCUT2D eigenvalue weighted by molar-refractivity contribution is -0.386. The molecule has 0 unspecified atom stereocenters. The lowest BCUT2D eigenvalue weighted by Crippen LogP contribution is -2.11. The molecule has 0 radical (unpaired) electrons. The second-order valence-corrected chi connectivity index (χ2v) is 5.17. The van der Waals surface area contributed by atoms with Gasteiger partial charge in [0.1, 0.15) is 23.7 Å². The number of aromatic nitrogens is 2. The van der Waals surface area contributed by atoms with Crippen molar-refractivity contribution in [1.82, 2.24) is 9.78 Å². The van der Waals surface area contributed by atoms with Crippen LogP contribution in [0.15, 0.2) is 18.2 Å². The molecule has 1 aromatic heterocycles. The van der Waals surface area contributed by atoms with Crippen LogP contribution in [0.5, 0.6) is 5.75 Å². The highest BCUT2D eigenvalue weighted by atomic mass is 16.6. The van der Waals surface area contributed by atoms with Gasteiger partial charge in [0.15, 0.2) is 0 Å². The molecular formula is C15H19N3O3. The number of nitrogens with zero attached hydrogens (tertiary/aromatic N) is 3. The van der Waals surface area contributed by atoms with Crippen LogP contribution in [-0.4, -0.2) is 21.3 Å². The third-order valence-corrected chi connectivity index (χ3v) is 3.29. The van der Waals surface area contributed by atoms with Crippen molar-refractivity contribution in [3.8, 4) is 5.75 Å². The molecule has 0 saturated heterocycles. The van der Waals surface area contributed by atoms with Crippen molar-refractivity contribution in [3.63, 3.8) is 0 Å². The van der Waals surface area contributed by atoms with Gasteiger partial charge in [-0.1, -0.05) is 6.07 Å². The van der Waals surface area contributed by atoms with Gasteiger partial charge in [-0.3, -0.25) is 14.8 Å². The van der Waals surface area contributed by atoms with E-state index in [-0.39, 0.29) is 10.6 Å². The zero-order valence-corrected chi connectivity index (χ0v) is 12.7. The van der Waals surface area contributed by atoms with Crippen LogP contribution in [0.2, 0.25) is 0 Å². The second-order valence-electron chi connectivity index (χ2n) is 5.17. The van der Waals surface area contributed by atoms with Gasteiger partial charge in [-0.05, 0) is 51.0 Å². The Bertz CT molecular complexity index is 657. The average Bonchev–Trinajstić information content (AvgIpc) is 2.63. The van der Waals surface area contributed by atoms with Crippen LogP contribution < -0.4 is 4.74 Å². The van der Waals surface area contributed by atoms with E-state index in [1.807, 2.05) is 26.0 Å². The Labute approximate surface area is 123 Å². The molecule has 1 heterocycles. The maximum absolute atomic E-state index is 10.9. The molecule has 0 spiro atoms. The molecule has 21 heavy (non-hydrogen) atoms. The van der Waals surface area contributed by atoms with Gasteiger partial charge in [0.25, 0.3) is 0 Å². The van der Waals surface area contributed by atoms with Gasteiger partial charge in [0, 0.05) is 0 Å². The molecular weight excluding hydrogens is 270 g/mol. The molecule has 112 valence electrons. The fourth-order valence-corrected chi connectivity index (χ4v) is 2.44. The van der Waals surface area contributed by atoms with Gasteiger partial charge in [-0.25, -0.2) is 0 Å². The fourth-order valence-electron chi connectivity index (χ4n) is 2.44. The number of nitro groups is 1. The van der Waals surface area contributed by atoms with Crippen LogP contribution in [0.1, 0.15) is 22.5 Å². The summed E-state index contributed by atoms with van der Waals surface area (Å²) in [5, 5.41) is 15.1. The van der Waals surface area contributed by atoms with Crippen LogP contribution in [-0.2, 0) is 6.54 Å². The third-order valence-electron chi connectivity index (χ3n) is 3.29. The molecule has 0 amide bonds. The van der Waals surface area contributed by atoms with Crippen LogP contribution in [0.25, 0.3) is 0 Å². The van der Waals surface area contributed by atoms with Gasteiger partial charge in [-0.15, -0.1) is 0 Å². The lowest BCUT2D eigenvalue weighted by atomic mass is 10.1. The van der Waals surface area contributed by atoms with Crippen molar-refractivity contribution in [2.24, 2.45) is 0 Å². The summed E-state index contributed by atoms with van der Waals surface area (Å²) in [5.41, 5.74) is 3.37. The van der Waals surface area contributed by atoms with E-state index >= 15 is 0 Å². The molecule has 0 saturated carbocycles. The Balaban J connectivity index is 2.04. The number of aryl methyl sites for hydroxylation is 3. The first-order valence-electron chi connectivity index (χ1n) is 6.78. The molecule has 0 N–H and O–H groups in total. The molecule has 2 aromatic rings. The number of ether oxygens (including phenoxy) is 1. The molecule has 0 aliphatic heterocycles. The first kappa shape index (κ1) is 15.0. The normalized spacial score (nSPS) is 10.7. The summed E-state index contributed by atoms with van der Waals surface area (Å²) in [7, 11) is 0. The maximum Gasteiger partial charge on any atom is 0.312 e. The van der Waals surface area contributed by atoms with Crippen LogP contribution in [0.4, 0.5) is 5.69 Å². The first-order chi connectivity index (χ1) is 9.88. The number of rotatable bonds is 5. The SMILES string of the molecule is Cc1cc(C)cc(OCCn2nc(C)c([N+](=O)[O-])c2C)c1. The molecule has 0 atom stereocenters. The van der Waals surface area contributed by atoms with Crippen molar-refractivity contribution in [3.05, 3.63) is 50.8 Å².